The lowest BCUT2D eigenvalue weighted by Crippen LogP contribution is -2.35. The fourth-order valence-electron chi connectivity index (χ4n) is 3.68. The maximum Gasteiger partial charge on any atom is 0.242 e. The van der Waals surface area contributed by atoms with Crippen molar-refractivity contribution in [2.45, 2.75) is 79.7 Å². The molecule has 0 aliphatic carbocycles. The lowest BCUT2D eigenvalue weighted by atomic mass is 9.96. The van der Waals surface area contributed by atoms with Gasteiger partial charge >= 0.3 is 0 Å². The van der Waals surface area contributed by atoms with Crippen LogP contribution < -0.4 is 5.32 Å². The van der Waals surface area contributed by atoms with Gasteiger partial charge in [0, 0.05) is 31.5 Å². The third kappa shape index (κ3) is 7.37. The van der Waals surface area contributed by atoms with Crippen molar-refractivity contribution in [1.29, 1.82) is 0 Å². The third-order valence-corrected chi connectivity index (χ3v) is 5.41. The normalized spacial score (nSPS) is 11.6. The van der Waals surface area contributed by atoms with Gasteiger partial charge in [0.15, 0.2) is 0 Å². The van der Waals surface area contributed by atoms with E-state index < -0.39 is 0 Å². The number of hydrogen-bond donors (Lipinski definition) is 1. The van der Waals surface area contributed by atoms with E-state index in [-0.39, 0.29) is 17.2 Å². The van der Waals surface area contributed by atoms with Gasteiger partial charge in [-0.25, -0.2) is 4.98 Å². The summed E-state index contributed by atoms with van der Waals surface area (Å²) in [4.78, 5) is 31.7. The molecule has 0 atom stereocenters. The molecule has 0 aliphatic rings. The van der Waals surface area contributed by atoms with Crippen molar-refractivity contribution in [2.24, 2.45) is 5.41 Å². The number of hydrogen-bond acceptors (Lipinski definition) is 3. The van der Waals surface area contributed by atoms with Gasteiger partial charge in [-0.05, 0) is 37.8 Å². The predicted molar refractivity (Wildman–Crippen MR) is 127 cm³/mol. The molecule has 172 valence electrons. The molecule has 0 spiro atoms. The zero-order valence-corrected chi connectivity index (χ0v) is 20.0. The highest BCUT2D eigenvalue weighted by molar-refractivity contribution is 5.81. The first-order valence-corrected chi connectivity index (χ1v) is 11.8. The predicted octanol–water partition coefficient (Wildman–Crippen LogP) is 4.56. The second-order valence-electron chi connectivity index (χ2n) is 9.30. The summed E-state index contributed by atoms with van der Waals surface area (Å²) in [6.45, 7) is 12.6. The van der Waals surface area contributed by atoms with Crippen molar-refractivity contribution in [3.63, 3.8) is 0 Å². The van der Waals surface area contributed by atoms with Crippen LogP contribution in [0.3, 0.4) is 0 Å². The van der Waals surface area contributed by atoms with Crippen molar-refractivity contribution in [2.75, 3.05) is 19.6 Å². The second-order valence-corrected chi connectivity index (χ2v) is 9.30. The van der Waals surface area contributed by atoms with Crippen LogP contribution in [0.2, 0.25) is 0 Å². The summed E-state index contributed by atoms with van der Waals surface area (Å²) >= 11 is 0. The molecule has 1 aromatic heterocycles. The van der Waals surface area contributed by atoms with Crippen LogP contribution in [0.1, 0.15) is 72.5 Å². The van der Waals surface area contributed by atoms with E-state index in [0.29, 0.717) is 13.1 Å². The SMILES string of the molecule is CCCN(CCC)C(=O)Cn1c(CCCCCNC(=O)C(C)(C)C)nc2ccccc21. The molecule has 0 fully saturated rings. The fourth-order valence-corrected chi connectivity index (χ4v) is 3.68. The number of amides is 2. The first kappa shape index (κ1) is 24.9. The van der Waals surface area contributed by atoms with Gasteiger partial charge in [-0.3, -0.25) is 9.59 Å². The number of benzene rings is 1. The lowest BCUT2D eigenvalue weighted by Gasteiger charge is -2.22. The quantitative estimate of drug-likeness (QED) is 0.504. The highest BCUT2D eigenvalue weighted by atomic mass is 16.2. The van der Waals surface area contributed by atoms with Crippen LogP contribution in [0.5, 0.6) is 0 Å². The molecule has 6 heteroatoms. The molecule has 1 aromatic carbocycles. The Morgan fingerprint density at radius 2 is 1.71 bits per heavy atom. The van der Waals surface area contributed by atoms with Crippen LogP contribution in [-0.2, 0) is 22.6 Å². The molecule has 2 rings (SSSR count). The Bertz CT molecular complexity index is 845. The first-order valence-electron chi connectivity index (χ1n) is 11.8. The van der Waals surface area contributed by atoms with Crippen molar-refractivity contribution >= 4 is 22.8 Å². The number of nitrogens with zero attached hydrogens (tertiary/aromatic N) is 3. The topological polar surface area (TPSA) is 67.2 Å². The number of carbonyl (C=O) groups is 2. The molecule has 0 saturated carbocycles. The van der Waals surface area contributed by atoms with Crippen LogP contribution >= 0.6 is 0 Å². The Balaban J connectivity index is 1.99. The summed E-state index contributed by atoms with van der Waals surface area (Å²) in [5.41, 5.74) is 1.62. The number of imidazole rings is 1. The standard InChI is InChI=1S/C25H40N4O2/c1-6-17-28(18-7-2)23(30)19-29-21-14-11-10-13-20(21)27-22(29)15-9-8-12-16-26-24(31)25(3,4)5/h10-11,13-14H,6-9,12,15-19H2,1-5H3,(H,26,31). The number of carbonyl (C=O) groups excluding carboxylic acids is 2. The number of aryl methyl sites for hydroxylation is 1. The Hall–Kier alpha value is -2.37. The Labute approximate surface area is 187 Å². The van der Waals surface area contributed by atoms with Gasteiger partial charge in [0.05, 0.1) is 11.0 Å². The first-order chi connectivity index (χ1) is 14.8. The van der Waals surface area contributed by atoms with E-state index in [1.54, 1.807) is 0 Å². The number of fused-ring (bicyclic) bond motifs is 1. The second kappa shape index (κ2) is 11.9. The highest BCUT2D eigenvalue weighted by Crippen LogP contribution is 2.19. The maximum atomic E-state index is 13.0. The summed E-state index contributed by atoms with van der Waals surface area (Å²) in [7, 11) is 0. The van der Waals surface area contributed by atoms with E-state index in [9.17, 15) is 9.59 Å². The number of unbranched alkanes of at least 4 members (excludes halogenated alkanes) is 2. The fraction of sp³-hybridized carbons (Fsp3) is 0.640. The van der Waals surface area contributed by atoms with Gasteiger partial charge < -0.3 is 14.8 Å². The highest BCUT2D eigenvalue weighted by Gasteiger charge is 2.20. The zero-order valence-electron chi connectivity index (χ0n) is 20.0. The molecule has 0 aliphatic heterocycles. The molecule has 1 heterocycles. The molecule has 0 unspecified atom stereocenters. The maximum absolute atomic E-state index is 13.0. The average molecular weight is 429 g/mol. The molecule has 6 nitrogen and oxygen atoms in total. The molecular weight excluding hydrogens is 388 g/mol. The van der Waals surface area contributed by atoms with E-state index in [1.807, 2.05) is 49.9 Å². The van der Waals surface area contributed by atoms with Gasteiger partial charge in [0.2, 0.25) is 11.8 Å². The summed E-state index contributed by atoms with van der Waals surface area (Å²) in [5.74, 6) is 1.23. The van der Waals surface area contributed by atoms with Gasteiger partial charge in [-0.2, -0.15) is 0 Å². The van der Waals surface area contributed by atoms with Gasteiger partial charge in [-0.15, -0.1) is 0 Å². The molecule has 0 saturated heterocycles. The lowest BCUT2D eigenvalue weighted by molar-refractivity contribution is -0.132. The molecule has 0 bridgehead atoms. The molecule has 2 aromatic rings. The van der Waals surface area contributed by atoms with Gasteiger partial charge in [-0.1, -0.05) is 53.2 Å². The van der Waals surface area contributed by atoms with Gasteiger partial charge in [0.25, 0.3) is 0 Å². The Morgan fingerprint density at radius 3 is 2.35 bits per heavy atom. The molecule has 31 heavy (non-hydrogen) atoms. The summed E-state index contributed by atoms with van der Waals surface area (Å²) in [6.07, 6.45) is 5.71. The van der Waals surface area contributed by atoms with Crippen molar-refractivity contribution in [3.8, 4) is 0 Å². The van der Waals surface area contributed by atoms with Crippen LogP contribution in [-0.4, -0.2) is 45.9 Å². The van der Waals surface area contributed by atoms with Gasteiger partial charge in [0.1, 0.15) is 12.4 Å². The summed E-state index contributed by atoms with van der Waals surface area (Å²) in [6, 6.07) is 8.05. The molecule has 2 amide bonds. The third-order valence-electron chi connectivity index (χ3n) is 5.41. The molecule has 0 radical (unpaired) electrons. The number of aromatic nitrogens is 2. The number of nitrogens with one attached hydrogen (secondary N) is 1. The van der Waals surface area contributed by atoms with E-state index in [2.05, 4.69) is 23.7 Å². The van der Waals surface area contributed by atoms with Crippen LogP contribution in [0.4, 0.5) is 0 Å². The minimum absolute atomic E-state index is 0.0940. The van der Waals surface area contributed by atoms with Crippen LogP contribution in [0, 0.1) is 5.41 Å². The van der Waals surface area contributed by atoms with E-state index in [0.717, 1.165) is 68.5 Å². The van der Waals surface area contributed by atoms with Crippen LogP contribution in [0.15, 0.2) is 24.3 Å². The van der Waals surface area contributed by atoms with E-state index >= 15 is 0 Å². The Morgan fingerprint density at radius 1 is 1.03 bits per heavy atom. The van der Waals surface area contributed by atoms with E-state index in [1.165, 1.54) is 0 Å². The minimum Gasteiger partial charge on any atom is -0.356 e. The minimum atomic E-state index is -0.346. The van der Waals surface area contributed by atoms with Crippen molar-refractivity contribution < 1.29 is 9.59 Å². The Kier molecular flexibility index (Phi) is 9.53. The average Bonchev–Trinajstić information content (AvgIpc) is 3.06. The summed E-state index contributed by atoms with van der Waals surface area (Å²) in [5, 5.41) is 3.01. The monoisotopic (exact) mass is 428 g/mol. The van der Waals surface area contributed by atoms with Crippen LogP contribution in [0.25, 0.3) is 11.0 Å². The summed E-state index contributed by atoms with van der Waals surface area (Å²) < 4.78 is 2.09. The smallest absolute Gasteiger partial charge is 0.242 e. The van der Waals surface area contributed by atoms with E-state index in [4.69, 9.17) is 4.98 Å². The molecular formula is C25H40N4O2. The van der Waals surface area contributed by atoms with Crippen molar-refractivity contribution in [1.82, 2.24) is 19.8 Å². The van der Waals surface area contributed by atoms with Crippen molar-refractivity contribution in [3.05, 3.63) is 30.1 Å². The molecule has 1 N–H and O–H groups in total. The largest absolute Gasteiger partial charge is 0.356 e. The number of rotatable bonds is 12. The number of para-hydroxylation sites is 2. The zero-order chi connectivity index (χ0) is 22.9.